The molecule has 24 heavy (non-hydrogen) atoms. The van der Waals surface area contributed by atoms with Crippen LogP contribution in [-0.2, 0) is 20.9 Å². The van der Waals surface area contributed by atoms with Crippen LogP contribution in [0.2, 0.25) is 0 Å². The van der Waals surface area contributed by atoms with E-state index in [-0.39, 0.29) is 18.0 Å². The van der Waals surface area contributed by atoms with Crippen molar-refractivity contribution in [3.63, 3.8) is 0 Å². The van der Waals surface area contributed by atoms with E-state index in [1.165, 1.54) is 10.4 Å². The first-order valence-electron chi connectivity index (χ1n) is 7.45. The normalized spacial score (nSPS) is 19.9. The van der Waals surface area contributed by atoms with Gasteiger partial charge in [0.25, 0.3) is 0 Å². The van der Waals surface area contributed by atoms with Crippen molar-refractivity contribution < 1.29 is 26.3 Å². The highest BCUT2D eigenvalue weighted by Gasteiger charge is 2.36. The first-order chi connectivity index (χ1) is 11.1. The summed E-state index contributed by atoms with van der Waals surface area (Å²) in [6, 6.07) is 3.38. The van der Waals surface area contributed by atoms with Gasteiger partial charge in [0.05, 0.1) is 16.5 Å². The Hall–Kier alpha value is -1.19. The average Bonchev–Trinajstić information content (AvgIpc) is 2.52. The van der Waals surface area contributed by atoms with Gasteiger partial charge in [-0.05, 0) is 43.3 Å². The number of halogens is 3. The summed E-state index contributed by atoms with van der Waals surface area (Å²) >= 11 is 4.83. The Morgan fingerprint density at radius 1 is 1.38 bits per heavy atom. The van der Waals surface area contributed by atoms with E-state index in [2.05, 4.69) is 0 Å². The zero-order valence-electron chi connectivity index (χ0n) is 13.0. The molecule has 1 aromatic carbocycles. The van der Waals surface area contributed by atoms with E-state index in [9.17, 15) is 21.6 Å². The quantitative estimate of drug-likeness (QED) is 0.748. The van der Waals surface area contributed by atoms with Crippen LogP contribution in [0.1, 0.15) is 31.7 Å². The van der Waals surface area contributed by atoms with Gasteiger partial charge in [-0.15, -0.1) is 0 Å². The van der Waals surface area contributed by atoms with Crippen molar-refractivity contribution in [1.29, 1.82) is 0 Å². The van der Waals surface area contributed by atoms with Crippen molar-refractivity contribution in [1.82, 2.24) is 4.31 Å². The number of benzene rings is 1. The number of sulfonamides is 1. The monoisotopic (exact) mass is 381 g/mol. The Morgan fingerprint density at radius 3 is 2.71 bits per heavy atom. The standard InChI is InChI=1S/C15H18F3NO3S2/c1-11(23)22-10-13-6-2-3-8-19(13)24(20,21)14-7-4-5-12(9-14)15(16,17)18/h4-5,7,9,13H,2-3,6,8,10H2,1H3. The summed E-state index contributed by atoms with van der Waals surface area (Å²) < 4.78 is 70.6. The lowest BCUT2D eigenvalue weighted by atomic mass is 10.1. The lowest BCUT2D eigenvalue weighted by molar-refractivity contribution is -0.137. The van der Waals surface area contributed by atoms with Gasteiger partial charge in [0.15, 0.2) is 5.05 Å². The molecule has 134 valence electrons. The third-order valence-corrected chi connectivity index (χ3v) is 5.89. The van der Waals surface area contributed by atoms with Gasteiger partial charge >= 0.3 is 6.18 Å². The molecule has 1 aromatic rings. The highest BCUT2D eigenvalue weighted by atomic mass is 32.2. The molecule has 1 aliphatic rings. The van der Waals surface area contributed by atoms with Crippen LogP contribution in [0.25, 0.3) is 0 Å². The first-order valence-corrected chi connectivity index (χ1v) is 9.29. The van der Waals surface area contributed by atoms with Crippen LogP contribution < -0.4 is 0 Å². The summed E-state index contributed by atoms with van der Waals surface area (Å²) in [7, 11) is -4.03. The van der Waals surface area contributed by atoms with Gasteiger partial charge in [-0.2, -0.15) is 17.5 Å². The maximum absolute atomic E-state index is 12.8. The van der Waals surface area contributed by atoms with Crippen molar-refractivity contribution in [2.45, 2.75) is 43.3 Å². The van der Waals surface area contributed by atoms with E-state index in [1.54, 1.807) is 6.92 Å². The molecule has 2 rings (SSSR count). The van der Waals surface area contributed by atoms with Crippen LogP contribution in [0.4, 0.5) is 13.2 Å². The number of nitrogens with zero attached hydrogens (tertiary/aromatic N) is 1. The van der Waals surface area contributed by atoms with Crippen molar-refractivity contribution in [3.05, 3.63) is 29.8 Å². The zero-order chi connectivity index (χ0) is 18.0. The molecule has 0 N–H and O–H groups in total. The summed E-state index contributed by atoms with van der Waals surface area (Å²) in [5, 5.41) is 0.303. The van der Waals surface area contributed by atoms with Crippen LogP contribution >= 0.6 is 12.2 Å². The van der Waals surface area contributed by atoms with Gasteiger partial charge in [0.2, 0.25) is 10.0 Å². The molecule has 9 heteroatoms. The minimum Gasteiger partial charge on any atom is -0.486 e. The molecule has 1 heterocycles. The van der Waals surface area contributed by atoms with E-state index < -0.39 is 27.8 Å². The minimum absolute atomic E-state index is 0.105. The number of piperidine rings is 1. The second kappa shape index (κ2) is 7.37. The van der Waals surface area contributed by atoms with Crippen LogP contribution in [0.5, 0.6) is 0 Å². The molecule has 0 saturated carbocycles. The summed E-state index contributed by atoms with van der Waals surface area (Å²) in [6.45, 7) is 1.94. The molecule has 0 amide bonds. The van der Waals surface area contributed by atoms with E-state index >= 15 is 0 Å². The van der Waals surface area contributed by atoms with Crippen molar-refractivity contribution in [3.8, 4) is 0 Å². The Balaban J connectivity index is 2.32. The van der Waals surface area contributed by atoms with Gasteiger partial charge in [-0.25, -0.2) is 8.42 Å². The van der Waals surface area contributed by atoms with Crippen LogP contribution in [0.15, 0.2) is 29.2 Å². The maximum atomic E-state index is 12.8. The minimum atomic E-state index is -4.59. The molecule has 0 radical (unpaired) electrons. The predicted octanol–water partition coefficient (Wildman–Crippen LogP) is 3.61. The Morgan fingerprint density at radius 2 is 2.08 bits per heavy atom. The Kier molecular flexibility index (Phi) is 5.87. The molecule has 4 nitrogen and oxygen atoms in total. The fraction of sp³-hybridized carbons (Fsp3) is 0.533. The van der Waals surface area contributed by atoms with Crippen molar-refractivity contribution >= 4 is 27.3 Å². The number of rotatable bonds is 4. The van der Waals surface area contributed by atoms with Gasteiger partial charge in [-0.3, -0.25) is 0 Å². The second-order valence-electron chi connectivity index (χ2n) is 5.59. The van der Waals surface area contributed by atoms with Crippen LogP contribution in [0.3, 0.4) is 0 Å². The number of alkyl halides is 3. The maximum Gasteiger partial charge on any atom is 0.416 e. The zero-order valence-corrected chi connectivity index (χ0v) is 14.7. The molecule has 1 unspecified atom stereocenters. The summed E-state index contributed by atoms with van der Waals surface area (Å²) in [4.78, 5) is -0.358. The Labute approximate surface area is 144 Å². The third kappa shape index (κ3) is 4.46. The lowest BCUT2D eigenvalue weighted by Gasteiger charge is -2.34. The number of hydrogen-bond acceptors (Lipinski definition) is 4. The Bertz CT molecular complexity index is 704. The van der Waals surface area contributed by atoms with Crippen molar-refractivity contribution in [2.24, 2.45) is 0 Å². The van der Waals surface area contributed by atoms with E-state index in [1.807, 2.05) is 0 Å². The highest BCUT2D eigenvalue weighted by molar-refractivity contribution is 7.89. The van der Waals surface area contributed by atoms with Crippen LogP contribution in [0, 0.1) is 0 Å². The highest BCUT2D eigenvalue weighted by Crippen LogP contribution is 2.32. The molecule has 1 saturated heterocycles. The molecule has 1 fully saturated rings. The molecular weight excluding hydrogens is 363 g/mol. The smallest absolute Gasteiger partial charge is 0.416 e. The molecule has 1 atom stereocenters. The summed E-state index contributed by atoms with van der Waals surface area (Å²) in [5.74, 6) is 0. The van der Waals surface area contributed by atoms with Gasteiger partial charge in [0.1, 0.15) is 6.61 Å². The SMILES string of the molecule is CC(=S)OCC1CCCCN1S(=O)(=O)c1cccc(C(F)(F)F)c1. The van der Waals surface area contributed by atoms with Crippen molar-refractivity contribution in [2.75, 3.05) is 13.2 Å². The van der Waals surface area contributed by atoms with Gasteiger partial charge in [-0.1, -0.05) is 12.5 Å². The van der Waals surface area contributed by atoms with E-state index in [4.69, 9.17) is 17.0 Å². The fourth-order valence-electron chi connectivity index (χ4n) is 2.64. The van der Waals surface area contributed by atoms with Crippen LogP contribution in [-0.4, -0.2) is 37.0 Å². The number of thiocarbonyl (C=S) groups is 1. The number of hydrogen-bond donors (Lipinski definition) is 0. The first kappa shape index (κ1) is 19.1. The molecule has 0 aliphatic carbocycles. The van der Waals surface area contributed by atoms with Gasteiger partial charge < -0.3 is 4.74 Å². The third-order valence-electron chi connectivity index (χ3n) is 3.82. The second-order valence-corrected chi connectivity index (χ2v) is 8.06. The van der Waals surface area contributed by atoms with E-state index in [0.717, 1.165) is 18.6 Å². The topological polar surface area (TPSA) is 46.6 Å². The molecule has 0 bridgehead atoms. The fourth-order valence-corrected chi connectivity index (χ4v) is 4.43. The molecular formula is C15H18F3NO3S2. The largest absolute Gasteiger partial charge is 0.486 e. The van der Waals surface area contributed by atoms with E-state index in [0.29, 0.717) is 24.0 Å². The van der Waals surface area contributed by atoms with Gasteiger partial charge in [0, 0.05) is 13.5 Å². The lowest BCUT2D eigenvalue weighted by Crippen LogP contribution is -2.46. The number of ether oxygens (including phenoxy) is 1. The average molecular weight is 381 g/mol. The molecule has 0 spiro atoms. The molecule has 1 aliphatic heterocycles. The summed E-state index contributed by atoms with van der Waals surface area (Å²) in [5.41, 5.74) is -0.983. The summed E-state index contributed by atoms with van der Waals surface area (Å²) in [6.07, 6.45) is -2.52. The molecule has 0 aromatic heterocycles. The predicted molar refractivity (Wildman–Crippen MR) is 87.2 cm³/mol.